The minimum atomic E-state index is 0.184. The summed E-state index contributed by atoms with van der Waals surface area (Å²) in [5.41, 5.74) is 0.705. The molecule has 0 saturated heterocycles. The van der Waals surface area contributed by atoms with Gasteiger partial charge in [0.1, 0.15) is 0 Å². The quantitative estimate of drug-likeness (QED) is 0.826. The lowest BCUT2D eigenvalue weighted by Gasteiger charge is -2.12. The molecule has 1 aromatic heterocycles. The van der Waals surface area contributed by atoms with E-state index in [1.807, 2.05) is 18.4 Å². The molecule has 1 aromatic carbocycles. The van der Waals surface area contributed by atoms with Crippen molar-refractivity contribution in [3.05, 3.63) is 33.0 Å². The molecule has 0 saturated carbocycles. The highest BCUT2D eigenvalue weighted by Gasteiger charge is 2.16. The van der Waals surface area contributed by atoms with Gasteiger partial charge in [-0.05, 0) is 38.2 Å². The smallest absolute Gasteiger partial charge is 0.195 e. The van der Waals surface area contributed by atoms with Crippen LogP contribution < -0.4 is 0 Å². The van der Waals surface area contributed by atoms with E-state index in [9.17, 15) is 0 Å². The molecule has 0 amide bonds. The van der Waals surface area contributed by atoms with Crippen molar-refractivity contribution in [2.75, 3.05) is 0 Å². The zero-order chi connectivity index (χ0) is 12.6. The van der Waals surface area contributed by atoms with Crippen molar-refractivity contribution in [1.82, 2.24) is 14.8 Å². The Labute approximate surface area is 114 Å². The number of halogens is 2. The normalized spacial score (nSPS) is 11.1. The SMILES string of the molecule is CC(C)n1c(-c2c(Cl)cccc2Cl)n[nH]c1=S. The maximum atomic E-state index is 6.16. The summed E-state index contributed by atoms with van der Waals surface area (Å²) in [6.07, 6.45) is 0. The molecule has 2 aromatic rings. The third-order valence-corrected chi connectivity index (χ3v) is 3.33. The van der Waals surface area contributed by atoms with Crippen LogP contribution in [0.25, 0.3) is 11.4 Å². The molecule has 17 heavy (non-hydrogen) atoms. The minimum absolute atomic E-state index is 0.184. The van der Waals surface area contributed by atoms with E-state index in [0.29, 0.717) is 26.2 Å². The van der Waals surface area contributed by atoms with Gasteiger partial charge in [-0.15, -0.1) is 0 Å². The van der Waals surface area contributed by atoms with E-state index < -0.39 is 0 Å². The van der Waals surface area contributed by atoms with Crippen LogP contribution >= 0.6 is 35.4 Å². The molecule has 90 valence electrons. The number of hydrogen-bond donors (Lipinski definition) is 1. The first kappa shape index (κ1) is 12.6. The van der Waals surface area contributed by atoms with Gasteiger partial charge in [0.05, 0.1) is 15.6 Å². The first-order valence-corrected chi connectivity index (χ1v) is 6.30. The number of aromatic amines is 1. The molecule has 2 rings (SSSR count). The standard InChI is InChI=1S/C11H11Cl2N3S/c1-6(2)16-10(14-15-11(16)17)9-7(12)4-3-5-8(9)13/h3-6H,1-2H3,(H,15,17). The lowest BCUT2D eigenvalue weighted by atomic mass is 10.2. The molecule has 0 radical (unpaired) electrons. The first-order valence-electron chi connectivity index (χ1n) is 5.13. The third kappa shape index (κ3) is 2.25. The molecule has 1 N–H and O–H groups in total. The van der Waals surface area contributed by atoms with Crippen molar-refractivity contribution in [3.8, 4) is 11.4 Å². The van der Waals surface area contributed by atoms with Crippen LogP contribution in [0.4, 0.5) is 0 Å². The minimum Gasteiger partial charge on any atom is -0.298 e. The molecule has 0 aliphatic carbocycles. The largest absolute Gasteiger partial charge is 0.298 e. The molecule has 0 bridgehead atoms. The molecule has 1 heterocycles. The van der Waals surface area contributed by atoms with E-state index in [0.717, 1.165) is 0 Å². The summed E-state index contributed by atoms with van der Waals surface area (Å²) < 4.78 is 2.45. The van der Waals surface area contributed by atoms with Gasteiger partial charge in [-0.1, -0.05) is 29.3 Å². The van der Waals surface area contributed by atoms with Crippen molar-refractivity contribution in [2.24, 2.45) is 0 Å². The predicted octanol–water partition coefficient (Wildman–Crippen LogP) is 4.50. The number of H-pyrrole nitrogens is 1. The van der Waals surface area contributed by atoms with Crippen LogP contribution in [-0.4, -0.2) is 14.8 Å². The molecule has 0 atom stereocenters. The number of hydrogen-bond acceptors (Lipinski definition) is 2. The van der Waals surface area contributed by atoms with Crippen LogP contribution in [0.2, 0.25) is 10.0 Å². The Bertz CT molecular complexity index is 581. The van der Waals surface area contributed by atoms with Crippen molar-refractivity contribution in [3.63, 3.8) is 0 Å². The van der Waals surface area contributed by atoms with Crippen molar-refractivity contribution >= 4 is 35.4 Å². The summed E-state index contributed by atoms with van der Waals surface area (Å²) in [7, 11) is 0. The fourth-order valence-corrected chi connectivity index (χ4v) is 2.58. The Balaban J connectivity index is 2.74. The highest BCUT2D eigenvalue weighted by atomic mass is 35.5. The predicted molar refractivity (Wildman–Crippen MR) is 73.3 cm³/mol. The molecule has 0 spiro atoms. The second-order valence-corrected chi connectivity index (χ2v) is 5.11. The lowest BCUT2D eigenvalue weighted by Crippen LogP contribution is -2.03. The van der Waals surface area contributed by atoms with E-state index in [-0.39, 0.29) is 6.04 Å². The molecular weight excluding hydrogens is 277 g/mol. The Morgan fingerprint density at radius 1 is 1.29 bits per heavy atom. The van der Waals surface area contributed by atoms with Crippen molar-refractivity contribution in [1.29, 1.82) is 0 Å². The van der Waals surface area contributed by atoms with E-state index in [2.05, 4.69) is 10.2 Å². The maximum Gasteiger partial charge on any atom is 0.195 e. The van der Waals surface area contributed by atoms with Gasteiger partial charge < -0.3 is 0 Å². The second-order valence-electron chi connectivity index (χ2n) is 3.91. The van der Waals surface area contributed by atoms with Crippen LogP contribution in [-0.2, 0) is 0 Å². The average Bonchev–Trinajstić information content (AvgIpc) is 2.60. The molecule has 0 fully saturated rings. The number of rotatable bonds is 2. The van der Waals surface area contributed by atoms with Gasteiger partial charge in [-0.2, -0.15) is 5.10 Å². The maximum absolute atomic E-state index is 6.16. The summed E-state index contributed by atoms with van der Waals surface area (Å²) in [4.78, 5) is 0. The molecule has 3 nitrogen and oxygen atoms in total. The second kappa shape index (κ2) is 4.80. The highest BCUT2D eigenvalue weighted by molar-refractivity contribution is 7.71. The summed E-state index contributed by atoms with van der Waals surface area (Å²) in [5, 5.41) is 8.10. The van der Waals surface area contributed by atoms with Gasteiger partial charge in [0.25, 0.3) is 0 Å². The molecular formula is C11H11Cl2N3S. The summed E-state index contributed by atoms with van der Waals surface area (Å²) >= 11 is 17.5. The van der Waals surface area contributed by atoms with Gasteiger partial charge in [0, 0.05) is 6.04 Å². The van der Waals surface area contributed by atoms with E-state index >= 15 is 0 Å². The van der Waals surface area contributed by atoms with E-state index in [1.54, 1.807) is 18.2 Å². The zero-order valence-electron chi connectivity index (χ0n) is 9.37. The Kier molecular flexibility index (Phi) is 3.56. The molecule has 0 unspecified atom stereocenters. The van der Waals surface area contributed by atoms with Crippen LogP contribution in [0, 0.1) is 4.77 Å². The van der Waals surface area contributed by atoms with Crippen LogP contribution in [0.5, 0.6) is 0 Å². The Morgan fingerprint density at radius 2 is 1.88 bits per heavy atom. The Hall–Kier alpha value is -0.840. The molecule has 0 aliphatic rings. The number of aromatic nitrogens is 3. The van der Waals surface area contributed by atoms with Crippen LogP contribution in [0.3, 0.4) is 0 Å². The summed E-state index contributed by atoms with van der Waals surface area (Å²) in [5.74, 6) is 0.667. The van der Waals surface area contributed by atoms with E-state index in [4.69, 9.17) is 35.4 Å². The molecule has 0 aliphatic heterocycles. The molecule has 6 heteroatoms. The summed E-state index contributed by atoms with van der Waals surface area (Å²) in [6.45, 7) is 4.05. The van der Waals surface area contributed by atoms with Crippen LogP contribution in [0.1, 0.15) is 19.9 Å². The number of benzene rings is 1. The van der Waals surface area contributed by atoms with Gasteiger partial charge in [0.15, 0.2) is 10.6 Å². The zero-order valence-corrected chi connectivity index (χ0v) is 11.7. The summed E-state index contributed by atoms with van der Waals surface area (Å²) in [6, 6.07) is 5.55. The monoisotopic (exact) mass is 287 g/mol. The Morgan fingerprint density at radius 3 is 2.41 bits per heavy atom. The number of nitrogens with zero attached hydrogens (tertiary/aromatic N) is 2. The van der Waals surface area contributed by atoms with Gasteiger partial charge >= 0.3 is 0 Å². The van der Waals surface area contributed by atoms with Gasteiger partial charge in [-0.25, -0.2) is 0 Å². The first-order chi connectivity index (χ1) is 8.02. The van der Waals surface area contributed by atoms with Crippen LogP contribution in [0.15, 0.2) is 18.2 Å². The fraction of sp³-hybridized carbons (Fsp3) is 0.273. The topological polar surface area (TPSA) is 33.6 Å². The lowest BCUT2D eigenvalue weighted by molar-refractivity contribution is 0.597. The van der Waals surface area contributed by atoms with Crippen molar-refractivity contribution < 1.29 is 0 Å². The van der Waals surface area contributed by atoms with Crippen molar-refractivity contribution in [2.45, 2.75) is 19.9 Å². The highest BCUT2D eigenvalue weighted by Crippen LogP contribution is 2.34. The third-order valence-electron chi connectivity index (χ3n) is 2.41. The average molecular weight is 288 g/mol. The number of nitrogens with one attached hydrogen (secondary N) is 1. The fourth-order valence-electron chi connectivity index (χ4n) is 1.67. The van der Waals surface area contributed by atoms with Gasteiger partial charge in [-0.3, -0.25) is 9.67 Å². The van der Waals surface area contributed by atoms with Gasteiger partial charge in [0.2, 0.25) is 0 Å². The van der Waals surface area contributed by atoms with E-state index in [1.165, 1.54) is 0 Å².